The van der Waals surface area contributed by atoms with E-state index in [0.29, 0.717) is 18.0 Å². The van der Waals surface area contributed by atoms with Gasteiger partial charge in [0.1, 0.15) is 12.6 Å². The Hall–Kier alpha value is -4.05. The van der Waals surface area contributed by atoms with Crippen molar-refractivity contribution in [2.24, 2.45) is 0 Å². The van der Waals surface area contributed by atoms with Crippen molar-refractivity contribution in [1.29, 1.82) is 0 Å². The van der Waals surface area contributed by atoms with Crippen molar-refractivity contribution in [1.82, 2.24) is 10.2 Å². The van der Waals surface area contributed by atoms with E-state index in [1.165, 1.54) is 37.3 Å². The zero-order valence-corrected chi connectivity index (χ0v) is 26.2. The van der Waals surface area contributed by atoms with Crippen LogP contribution in [0.25, 0.3) is 0 Å². The Morgan fingerprint density at radius 3 is 2.14 bits per heavy atom. The molecule has 3 aromatic carbocycles. The summed E-state index contributed by atoms with van der Waals surface area (Å²) in [7, 11) is -1.37. The predicted molar refractivity (Wildman–Crippen MR) is 164 cm³/mol. The van der Waals surface area contributed by atoms with Crippen LogP contribution in [0.5, 0.6) is 11.5 Å². The number of ether oxygens (including phenoxy) is 2. The molecule has 0 unspecified atom stereocenters. The molecule has 0 bridgehead atoms. The molecule has 3 aromatic rings. The number of carbonyl (C=O) groups excluding carboxylic acids is 2. The van der Waals surface area contributed by atoms with Crippen molar-refractivity contribution in [3.8, 4) is 11.5 Å². The lowest BCUT2D eigenvalue weighted by atomic mass is 10.1. The van der Waals surface area contributed by atoms with E-state index in [9.17, 15) is 18.0 Å². The van der Waals surface area contributed by atoms with Crippen LogP contribution in [-0.4, -0.2) is 58.5 Å². The highest BCUT2D eigenvalue weighted by molar-refractivity contribution is 7.92. The van der Waals surface area contributed by atoms with Crippen molar-refractivity contribution in [2.45, 2.75) is 58.5 Å². The van der Waals surface area contributed by atoms with Gasteiger partial charge < -0.3 is 19.7 Å². The summed E-state index contributed by atoms with van der Waals surface area (Å²) < 4.78 is 40.2. The summed E-state index contributed by atoms with van der Waals surface area (Å²) in [5.41, 5.74) is 3.87. The summed E-state index contributed by atoms with van der Waals surface area (Å²) in [5, 5.41) is 2.85. The SMILES string of the molecule is CCCNC(=O)[C@@H](C)N(Cc1cccc(C)c1)C(=O)CN(c1cc(C)cc(C)c1)S(=O)(=O)c1ccc(OC)c(OC)c1. The molecule has 3 rings (SSSR count). The molecule has 0 spiro atoms. The Balaban J connectivity index is 2.10. The molecule has 0 saturated carbocycles. The fourth-order valence-corrected chi connectivity index (χ4v) is 6.13. The lowest BCUT2D eigenvalue weighted by molar-refractivity contribution is -0.139. The minimum absolute atomic E-state index is 0.0638. The molecular formula is C32H41N3O6S. The third kappa shape index (κ3) is 7.82. The molecule has 0 heterocycles. The van der Waals surface area contributed by atoms with Gasteiger partial charge in [0.25, 0.3) is 10.0 Å². The molecule has 0 fully saturated rings. The molecule has 10 heteroatoms. The molecule has 0 aliphatic heterocycles. The van der Waals surface area contributed by atoms with Crippen LogP contribution in [0.4, 0.5) is 5.69 Å². The molecule has 0 aliphatic carbocycles. The maximum Gasteiger partial charge on any atom is 0.264 e. The number of methoxy groups -OCH3 is 2. The lowest BCUT2D eigenvalue weighted by Gasteiger charge is -2.32. The number of benzene rings is 3. The Morgan fingerprint density at radius 2 is 1.55 bits per heavy atom. The summed E-state index contributed by atoms with van der Waals surface area (Å²) in [5.74, 6) is -0.202. The topological polar surface area (TPSA) is 105 Å². The van der Waals surface area contributed by atoms with Gasteiger partial charge in [0.15, 0.2) is 11.5 Å². The summed E-state index contributed by atoms with van der Waals surface area (Å²) in [6, 6.07) is 16.5. The number of nitrogens with zero attached hydrogens (tertiary/aromatic N) is 2. The van der Waals surface area contributed by atoms with Gasteiger partial charge in [-0.1, -0.05) is 42.8 Å². The first-order valence-electron chi connectivity index (χ1n) is 13.9. The van der Waals surface area contributed by atoms with Gasteiger partial charge in [0.05, 0.1) is 24.8 Å². The van der Waals surface area contributed by atoms with Gasteiger partial charge in [-0.05, 0) is 75.1 Å². The van der Waals surface area contributed by atoms with Gasteiger partial charge >= 0.3 is 0 Å². The highest BCUT2D eigenvalue weighted by Gasteiger charge is 2.33. The summed E-state index contributed by atoms with van der Waals surface area (Å²) >= 11 is 0. The smallest absolute Gasteiger partial charge is 0.264 e. The van der Waals surface area contributed by atoms with E-state index >= 15 is 0 Å². The third-order valence-corrected chi connectivity index (χ3v) is 8.64. The van der Waals surface area contributed by atoms with Gasteiger partial charge in [-0.2, -0.15) is 0 Å². The average Bonchev–Trinajstić information content (AvgIpc) is 2.95. The Bertz CT molecular complexity index is 1500. The summed E-state index contributed by atoms with van der Waals surface area (Å²) in [4.78, 5) is 28.5. The molecule has 42 heavy (non-hydrogen) atoms. The number of carbonyl (C=O) groups is 2. The van der Waals surface area contributed by atoms with Crippen molar-refractivity contribution in [2.75, 3.05) is 31.6 Å². The van der Waals surface area contributed by atoms with Crippen molar-refractivity contribution in [3.05, 3.63) is 82.9 Å². The van der Waals surface area contributed by atoms with Crippen LogP contribution >= 0.6 is 0 Å². The first kappa shape index (κ1) is 32.5. The number of aryl methyl sites for hydroxylation is 3. The van der Waals surface area contributed by atoms with Gasteiger partial charge in [-0.25, -0.2) is 8.42 Å². The number of sulfonamides is 1. The lowest BCUT2D eigenvalue weighted by Crippen LogP contribution is -2.51. The van der Waals surface area contributed by atoms with Crippen molar-refractivity contribution < 1.29 is 27.5 Å². The van der Waals surface area contributed by atoms with Crippen LogP contribution in [0.15, 0.2) is 65.6 Å². The zero-order chi connectivity index (χ0) is 31.0. The molecule has 2 amide bonds. The van der Waals surface area contributed by atoms with E-state index in [-0.39, 0.29) is 23.1 Å². The fraction of sp³-hybridized carbons (Fsp3) is 0.375. The second-order valence-electron chi connectivity index (χ2n) is 10.4. The van der Waals surface area contributed by atoms with Crippen molar-refractivity contribution in [3.63, 3.8) is 0 Å². The monoisotopic (exact) mass is 595 g/mol. The molecule has 1 N–H and O–H groups in total. The van der Waals surface area contributed by atoms with Gasteiger partial charge in [0, 0.05) is 19.2 Å². The number of hydrogen-bond acceptors (Lipinski definition) is 6. The zero-order valence-electron chi connectivity index (χ0n) is 25.4. The number of rotatable bonds is 13. The van der Waals surface area contributed by atoms with E-state index in [0.717, 1.165) is 33.0 Å². The van der Waals surface area contributed by atoms with E-state index in [1.54, 1.807) is 19.1 Å². The van der Waals surface area contributed by atoms with E-state index in [1.807, 2.05) is 58.0 Å². The highest BCUT2D eigenvalue weighted by Crippen LogP contribution is 2.33. The number of anilines is 1. The second-order valence-corrected chi connectivity index (χ2v) is 12.2. The van der Waals surface area contributed by atoms with E-state index < -0.39 is 28.5 Å². The number of hydrogen-bond donors (Lipinski definition) is 1. The number of nitrogens with one attached hydrogen (secondary N) is 1. The van der Waals surface area contributed by atoms with Crippen LogP contribution in [0, 0.1) is 20.8 Å². The third-order valence-electron chi connectivity index (χ3n) is 6.87. The minimum atomic E-state index is -4.26. The molecule has 0 aromatic heterocycles. The molecule has 0 saturated heterocycles. The standard InChI is InChI=1S/C32H41N3O6S/c1-8-14-33-32(37)25(5)34(20-26-11-9-10-22(2)16-26)31(36)21-35(27-17-23(3)15-24(4)18-27)42(38,39)28-12-13-29(40-6)30(19-28)41-7/h9-13,15-19,25H,8,14,20-21H2,1-7H3,(H,33,37)/t25-/m1/s1. The van der Waals surface area contributed by atoms with Crippen molar-refractivity contribution >= 4 is 27.5 Å². The van der Waals surface area contributed by atoms with Crippen LogP contribution in [-0.2, 0) is 26.2 Å². The number of amides is 2. The normalized spacial score (nSPS) is 11.9. The average molecular weight is 596 g/mol. The summed E-state index contributed by atoms with van der Waals surface area (Å²) in [6.07, 6.45) is 0.744. The van der Waals surface area contributed by atoms with Crippen LogP contribution in [0.1, 0.15) is 42.5 Å². The van der Waals surface area contributed by atoms with Crippen LogP contribution in [0.2, 0.25) is 0 Å². The van der Waals surface area contributed by atoms with Crippen LogP contribution < -0.4 is 19.1 Å². The quantitative estimate of drug-likeness (QED) is 0.305. The maximum absolute atomic E-state index is 14.2. The molecular weight excluding hydrogens is 554 g/mol. The highest BCUT2D eigenvalue weighted by atomic mass is 32.2. The minimum Gasteiger partial charge on any atom is -0.493 e. The molecule has 226 valence electrons. The molecule has 0 radical (unpaired) electrons. The first-order chi connectivity index (χ1) is 19.9. The molecule has 1 atom stereocenters. The molecule has 0 aliphatic rings. The largest absolute Gasteiger partial charge is 0.493 e. The second kappa shape index (κ2) is 14.2. The molecule has 9 nitrogen and oxygen atoms in total. The fourth-order valence-electron chi connectivity index (χ4n) is 4.71. The van der Waals surface area contributed by atoms with E-state index in [4.69, 9.17) is 9.47 Å². The van der Waals surface area contributed by atoms with Gasteiger partial charge in [-0.15, -0.1) is 0 Å². The van der Waals surface area contributed by atoms with Gasteiger partial charge in [-0.3, -0.25) is 13.9 Å². The Morgan fingerprint density at radius 1 is 0.881 bits per heavy atom. The first-order valence-corrected chi connectivity index (χ1v) is 15.3. The summed E-state index contributed by atoms with van der Waals surface area (Å²) in [6.45, 7) is 9.37. The Kier molecular flexibility index (Phi) is 11.0. The van der Waals surface area contributed by atoms with Crippen LogP contribution in [0.3, 0.4) is 0 Å². The predicted octanol–water partition coefficient (Wildman–Crippen LogP) is 4.77. The Labute approximate surface area is 249 Å². The maximum atomic E-state index is 14.2. The van der Waals surface area contributed by atoms with E-state index in [2.05, 4.69) is 5.32 Å². The van der Waals surface area contributed by atoms with Gasteiger partial charge in [0.2, 0.25) is 11.8 Å².